The largest absolute Gasteiger partial charge is 0.480 e. The maximum absolute atomic E-state index is 11.0. The molecule has 0 saturated heterocycles. The summed E-state index contributed by atoms with van der Waals surface area (Å²) in [4.78, 5) is 14.9. The number of aliphatic carboxylic acids is 1. The number of nitrogens with one attached hydrogen (secondary N) is 1. The van der Waals surface area contributed by atoms with E-state index in [-0.39, 0.29) is 6.73 Å². The Hall–Kier alpha value is -0.300. The molecule has 0 heterocycles. The van der Waals surface area contributed by atoms with Crippen molar-refractivity contribution in [1.82, 2.24) is 5.32 Å². The van der Waals surface area contributed by atoms with Gasteiger partial charge in [-0.1, -0.05) is 90.4 Å². The molecule has 0 aromatic rings. The van der Waals surface area contributed by atoms with Crippen LogP contribution < -0.4 is 5.32 Å². The van der Waals surface area contributed by atoms with Crippen molar-refractivity contribution < 1.29 is 20.0 Å². The van der Waals surface area contributed by atoms with Crippen LogP contribution in [0.1, 0.15) is 96.8 Å². The van der Waals surface area contributed by atoms with Crippen molar-refractivity contribution in [3.8, 4) is 0 Å². The second kappa shape index (κ2) is 21.0. The van der Waals surface area contributed by atoms with Crippen LogP contribution in [0.25, 0.3) is 0 Å². The highest BCUT2D eigenvalue weighted by Gasteiger charge is 2.16. The first-order chi connectivity index (χ1) is 12.7. The second-order valence-electron chi connectivity index (χ2n) is 7.04. The van der Waals surface area contributed by atoms with E-state index in [0.29, 0.717) is 5.75 Å². The molecule has 26 heavy (non-hydrogen) atoms. The molecule has 0 saturated carbocycles. The fourth-order valence-electron chi connectivity index (χ4n) is 2.96. The average Bonchev–Trinajstić information content (AvgIpc) is 2.63. The van der Waals surface area contributed by atoms with Crippen molar-refractivity contribution in [3.63, 3.8) is 0 Å². The monoisotopic (exact) mass is 391 g/mol. The smallest absolute Gasteiger partial charge is 0.321 e. The molecule has 0 aromatic heterocycles. The molecule has 156 valence electrons. The van der Waals surface area contributed by atoms with Crippen molar-refractivity contribution >= 4 is 17.7 Å². The molecule has 0 rings (SSSR count). The second-order valence-corrected chi connectivity index (χ2v) is 8.19. The van der Waals surface area contributed by atoms with Crippen molar-refractivity contribution in [1.29, 1.82) is 0 Å². The van der Waals surface area contributed by atoms with E-state index in [0.717, 1.165) is 12.2 Å². The molecular formula is C20H41NO4S. The predicted molar refractivity (Wildman–Crippen MR) is 111 cm³/mol. The lowest BCUT2D eigenvalue weighted by molar-refractivity contribution is -0.248. The van der Waals surface area contributed by atoms with Gasteiger partial charge >= 0.3 is 5.97 Å². The highest BCUT2D eigenvalue weighted by molar-refractivity contribution is 7.99. The summed E-state index contributed by atoms with van der Waals surface area (Å²) in [5, 5.41) is 19.9. The Morgan fingerprint density at radius 1 is 0.885 bits per heavy atom. The van der Waals surface area contributed by atoms with E-state index < -0.39 is 12.0 Å². The molecule has 3 N–H and O–H groups in total. The molecule has 0 amide bonds. The number of rotatable bonds is 21. The van der Waals surface area contributed by atoms with Crippen LogP contribution in [0.4, 0.5) is 0 Å². The highest BCUT2D eigenvalue weighted by atomic mass is 32.2. The summed E-state index contributed by atoms with van der Waals surface area (Å²) in [6.45, 7) is 2.11. The van der Waals surface area contributed by atoms with Crippen LogP contribution in [0.15, 0.2) is 0 Å². The Morgan fingerprint density at radius 3 is 1.77 bits per heavy atom. The fraction of sp³-hybridized carbons (Fsp3) is 0.950. The van der Waals surface area contributed by atoms with Gasteiger partial charge < -0.3 is 5.11 Å². The number of carbonyl (C=O) groups is 1. The van der Waals surface area contributed by atoms with Gasteiger partial charge in [0.2, 0.25) is 0 Å². The molecule has 1 unspecified atom stereocenters. The summed E-state index contributed by atoms with van der Waals surface area (Å²) in [7, 11) is 0. The van der Waals surface area contributed by atoms with Gasteiger partial charge in [0.05, 0.1) is 0 Å². The Kier molecular flexibility index (Phi) is 20.8. The topological polar surface area (TPSA) is 78.8 Å². The van der Waals surface area contributed by atoms with Crippen LogP contribution in [0.3, 0.4) is 0 Å². The van der Waals surface area contributed by atoms with E-state index in [1.54, 1.807) is 11.8 Å². The summed E-state index contributed by atoms with van der Waals surface area (Å²) >= 11 is 1.64. The lowest BCUT2D eigenvalue weighted by Crippen LogP contribution is -2.39. The number of unbranched alkanes of at least 4 members (excludes halogenated alkanes) is 13. The summed E-state index contributed by atoms with van der Waals surface area (Å²) in [6.07, 6.45) is 18.9. The van der Waals surface area contributed by atoms with E-state index in [2.05, 4.69) is 17.1 Å². The molecule has 6 heteroatoms. The normalized spacial score (nSPS) is 12.4. The number of hydrogen-bond acceptors (Lipinski definition) is 5. The number of carboxylic acid groups (broad SMARTS) is 1. The van der Waals surface area contributed by atoms with Gasteiger partial charge in [-0.15, -0.1) is 0 Å². The highest BCUT2D eigenvalue weighted by Crippen LogP contribution is 2.14. The van der Waals surface area contributed by atoms with E-state index in [9.17, 15) is 4.79 Å². The van der Waals surface area contributed by atoms with Crippen molar-refractivity contribution in [2.75, 3.05) is 18.2 Å². The molecule has 0 fully saturated rings. The van der Waals surface area contributed by atoms with Gasteiger partial charge in [0, 0.05) is 5.75 Å². The molecule has 0 radical (unpaired) electrons. The number of thioether (sulfide) groups is 1. The van der Waals surface area contributed by atoms with Gasteiger partial charge in [0.15, 0.2) is 0 Å². The first-order valence-corrected chi connectivity index (χ1v) is 11.7. The minimum absolute atomic E-state index is 0.156. The van der Waals surface area contributed by atoms with E-state index >= 15 is 0 Å². The van der Waals surface area contributed by atoms with Crippen LogP contribution in [0.5, 0.6) is 0 Å². The zero-order chi connectivity index (χ0) is 19.3. The summed E-state index contributed by atoms with van der Waals surface area (Å²) in [5.41, 5.74) is 0. The van der Waals surface area contributed by atoms with Crippen LogP contribution >= 0.6 is 11.8 Å². The molecule has 0 aliphatic rings. The minimum Gasteiger partial charge on any atom is -0.480 e. The lowest BCUT2D eigenvalue weighted by Gasteiger charge is -2.12. The van der Waals surface area contributed by atoms with Gasteiger partial charge in [-0.25, -0.2) is 4.89 Å². The van der Waals surface area contributed by atoms with Crippen LogP contribution in [0.2, 0.25) is 0 Å². The summed E-state index contributed by atoms with van der Waals surface area (Å²) in [6, 6.07) is -0.668. The van der Waals surface area contributed by atoms with Gasteiger partial charge in [0.25, 0.3) is 0 Å². The zero-order valence-corrected chi connectivity index (χ0v) is 17.5. The van der Waals surface area contributed by atoms with Crippen molar-refractivity contribution in [3.05, 3.63) is 0 Å². The van der Waals surface area contributed by atoms with Gasteiger partial charge in [-0.3, -0.25) is 15.4 Å². The standard InChI is InChI=1S/C20H41NO4S/c1-2-3-4-5-6-7-8-9-10-11-12-13-14-15-16-26-17-19(20(22)23)21-18-25-24/h19,21,24H,2-18H2,1H3,(H,22,23). The third kappa shape index (κ3) is 18.5. The van der Waals surface area contributed by atoms with Gasteiger partial charge in [-0.05, 0) is 12.2 Å². The Balaban J connectivity index is 3.22. The first kappa shape index (κ1) is 25.7. The maximum atomic E-state index is 11.0. The third-order valence-corrected chi connectivity index (χ3v) is 5.77. The first-order valence-electron chi connectivity index (χ1n) is 10.5. The molecular weight excluding hydrogens is 350 g/mol. The third-order valence-electron chi connectivity index (χ3n) is 4.62. The molecule has 5 nitrogen and oxygen atoms in total. The van der Waals surface area contributed by atoms with Crippen LogP contribution in [-0.4, -0.2) is 40.6 Å². The molecule has 0 aliphatic heterocycles. The fourth-order valence-corrected chi connectivity index (χ4v) is 4.03. The Morgan fingerprint density at radius 2 is 1.35 bits per heavy atom. The van der Waals surface area contributed by atoms with Crippen LogP contribution in [0, 0.1) is 0 Å². The quantitative estimate of drug-likeness (QED) is 0.101. The van der Waals surface area contributed by atoms with Crippen molar-refractivity contribution in [2.45, 2.75) is 103 Å². The summed E-state index contributed by atoms with van der Waals surface area (Å²) in [5.74, 6) is 0.580. The Labute approximate surface area is 164 Å². The maximum Gasteiger partial charge on any atom is 0.321 e. The number of hydrogen-bond donors (Lipinski definition) is 3. The Bertz CT molecular complexity index is 306. The van der Waals surface area contributed by atoms with Gasteiger partial charge in [-0.2, -0.15) is 11.8 Å². The molecule has 0 spiro atoms. The van der Waals surface area contributed by atoms with E-state index in [1.165, 1.54) is 83.5 Å². The van der Waals surface area contributed by atoms with Crippen molar-refractivity contribution in [2.24, 2.45) is 0 Å². The number of carboxylic acids is 1. The average molecular weight is 392 g/mol. The predicted octanol–water partition coefficient (Wildman–Crippen LogP) is 5.69. The SMILES string of the molecule is CCCCCCCCCCCCCCCCSCC(NCOO)C(=O)O. The summed E-state index contributed by atoms with van der Waals surface area (Å²) < 4.78 is 0. The van der Waals surface area contributed by atoms with E-state index in [4.69, 9.17) is 10.4 Å². The van der Waals surface area contributed by atoms with Gasteiger partial charge in [0.1, 0.15) is 12.8 Å². The molecule has 0 aliphatic carbocycles. The van der Waals surface area contributed by atoms with Crippen LogP contribution in [-0.2, 0) is 9.68 Å². The zero-order valence-electron chi connectivity index (χ0n) is 16.7. The minimum atomic E-state index is -0.907. The van der Waals surface area contributed by atoms with E-state index in [1.807, 2.05) is 0 Å². The molecule has 1 atom stereocenters. The molecule has 0 aromatic carbocycles. The lowest BCUT2D eigenvalue weighted by atomic mass is 10.0. The molecule has 0 bridgehead atoms.